The molecule has 1 aromatic carbocycles. The molecule has 1 amide bonds. The Balaban J connectivity index is 2.48. The first-order valence-electron chi connectivity index (χ1n) is 4.88. The minimum atomic E-state index is -0.881. The van der Waals surface area contributed by atoms with Crippen molar-refractivity contribution in [3.8, 4) is 0 Å². The van der Waals surface area contributed by atoms with Gasteiger partial charge in [0.2, 0.25) is 0 Å². The van der Waals surface area contributed by atoms with Gasteiger partial charge < -0.3 is 0 Å². The van der Waals surface area contributed by atoms with E-state index in [9.17, 15) is 4.79 Å². The van der Waals surface area contributed by atoms with Crippen LogP contribution in [0.1, 0.15) is 12.5 Å². The van der Waals surface area contributed by atoms with Crippen molar-refractivity contribution in [2.24, 2.45) is 10.8 Å². The molecule has 1 atom stereocenters. The molecule has 84 valence electrons. The van der Waals surface area contributed by atoms with Gasteiger partial charge in [-0.1, -0.05) is 42.1 Å². The number of thioether (sulfide) groups is 1. The van der Waals surface area contributed by atoms with Crippen molar-refractivity contribution in [3.05, 3.63) is 35.9 Å². The highest BCUT2D eigenvalue weighted by Gasteiger charge is 2.44. The SMILES string of the molecule is CSC1=NC(C)(c2ccccc2)C(=O)N1N. The summed E-state index contributed by atoms with van der Waals surface area (Å²) in [6.45, 7) is 1.79. The van der Waals surface area contributed by atoms with Gasteiger partial charge in [-0.3, -0.25) is 4.79 Å². The Kier molecular flexibility index (Phi) is 2.73. The van der Waals surface area contributed by atoms with E-state index in [2.05, 4.69) is 4.99 Å². The standard InChI is InChI=1S/C11H13N3OS/c1-11(8-6-4-3-5-7-8)9(15)14(12)10(13-11)16-2/h3-7H,12H2,1-2H3. The number of aliphatic imine (C=N–C) groups is 1. The van der Waals surface area contributed by atoms with Crippen LogP contribution < -0.4 is 5.84 Å². The van der Waals surface area contributed by atoms with E-state index >= 15 is 0 Å². The summed E-state index contributed by atoms with van der Waals surface area (Å²) < 4.78 is 0. The van der Waals surface area contributed by atoms with Gasteiger partial charge in [0.1, 0.15) is 0 Å². The van der Waals surface area contributed by atoms with Gasteiger partial charge in [-0.25, -0.2) is 15.8 Å². The number of amidine groups is 1. The van der Waals surface area contributed by atoms with Gasteiger partial charge in [0, 0.05) is 0 Å². The molecular formula is C11H13N3OS. The molecule has 1 unspecified atom stereocenters. The van der Waals surface area contributed by atoms with Gasteiger partial charge in [0.15, 0.2) is 10.7 Å². The topological polar surface area (TPSA) is 58.7 Å². The number of rotatable bonds is 1. The number of hydrogen-bond acceptors (Lipinski definition) is 4. The minimum Gasteiger partial charge on any atom is -0.270 e. The van der Waals surface area contributed by atoms with E-state index < -0.39 is 5.54 Å². The monoisotopic (exact) mass is 235 g/mol. The minimum absolute atomic E-state index is 0.192. The lowest BCUT2D eigenvalue weighted by Crippen LogP contribution is -2.43. The lowest BCUT2D eigenvalue weighted by atomic mass is 9.93. The number of carbonyl (C=O) groups is 1. The highest BCUT2D eigenvalue weighted by atomic mass is 32.2. The van der Waals surface area contributed by atoms with Crippen LogP contribution in [0.15, 0.2) is 35.3 Å². The third kappa shape index (κ3) is 1.52. The molecule has 1 aliphatic rings. The third-order valence-corrected chi connectivity index (χ3v) is 3.33. The summed E-state index contributed by atoms with van der Waals surface area (Å²) in [6.07, 6.45) is 1.85. The Labute approximate surface area is 98.5 Å². The molecule has 0 saturated carbocycles. The van der Waals surface area contributed by atoms with Gasteiger partial charge >= 0.3 is 0 Å². The summed E-state index contributed by atoms with van der Waals surface area (Å²) in [5, 5.41) is 1.67. The van der Waals surface area contributed by atoms with E-state index in [1.165, 1.54) is 11.8 Å². The van der Waals surface area contributed by atoms with Gasteiger partial charge in [-0.05, 0) is 18.7 Å². The molecular weight excluding hydrogens is 222 g/mol. The number of hydrazine groups is 1. The highest BCUT2D eigenvalue weighted by Crippen LogP contribution is 2.33. The van der Waals surface area contributed by atoms with E-state index in [1.807, 2.05) is 36.6 Å². The van der Waals surface area contributed by atoms with Crippen LogP contribution in [0.3, 0.4) is 0 Å². The molecule has 16 heavy (non-hydrogen) atoms. The number of benzene rings is 1. The van der Waals surface area contributed by atoms with Crippen LogP contribution in [0.4, 0.5) is 0 Å². The fourth-order valence-electron chi connectivity index (χ4n) is 1.71. The first-order chi connectivity index (χ1) is 7.59. The molecule has 2 rings (SSSR count). The molecule has 1 heterocycles. The average molecular weight is 235 g/mol. The summed E-state index contributed by atoms with van der Waals surface area (Å²) in [7, 11) is 0. The normalized spacial score (nSPS) is 24.8. The predicted octanol–water partition coefficient (Wildman–Crippen LogP) is 1.34. The first-order valence-corrected chi connectivity index (χ1v) is 6.10. The fraction of sp³-hybridized carbons (Fsp3) is 0.273. The Bertz CT molecular complexity index is 446. The Morgan fingerprint density at radius 3 is 2.50 bits per heavy atom. The van der Waals surface area contributed by atoms with Crippen molar-refractivity contribution in [3.63, 3.8) is 0 Å². The zero-order chi connectivity index (χ0) is 11.8. The zero-order valence-corrected chi connectivity index (χ0v) is 9.99. The summed E-state index contributed by atoms with van der Waals surface area (Å²) in [4.78, 5) is 16.5. The molecule has 0 aliphatic carbocycles. The molecule has 1 aliphatic heterocycles. The predicted molar refractivity (Wildman–Crippen MR) is 65.8 cm³/mol. The average Bonchev–Trinajstić information content (AvgIpc) is 2.56. The zero-order valence-electron chi connectivity index (χ0n) is 9.18. The largest absolute Gasteiger partial charge is 0.275 e. The van der Waals surface area contributed by atoms with Crippen LogP contribution in [0, 0.1) is 0 Å². The van der Waals surface area contributed by atoms with E-state index in [0.717, 1.165) is 10.6 Å². The Hall–Kier alpha value is -1.33. The maximum Gasteiger partial charge on any atom is 0.275 e. The fourth-order valence-corrected chi connectivity index (χ4v) is 2.26. The van der Waals surface area contributed by atoms with E-state index in [1.54, 1.807) is 6.92 Å². The second-order valence-corrected chi connectivity index (χ2v) is 4.49. The van der Waals surface area contributed by atoms with Crippen LogP contribution in [0.2, 0.25) is 0 Å². The van der Waals surface area contributed by atoms with Gasteiger partial charge in [-0.15, -0.1) is 0 Å². The van der Waals surface area contributed by atoms with E-state index in [0.29, 0.717) is 5.17 Å². The van der Waals surface area contributed by atoms with Crippen LogP contribution in [0.25, 0.3) is 0 Å². The lowest BCUT2D eigenvalue weighted by Gasteiger charge is -2.19. The first kappa shape index (κ1) is 11.2. The van der Waals surface area contributed by atoms with Crippen molar-refractivity contribution in [2.75, 3.05) is 6.26 Å². The van der Waals surface area contributed by atoms with Crippen LogP contribution in [-0.2, 0) is 10.3 Å². The molecule has 0 aromatic heterocycles. The molecule has 0 saturated heterocycles. The highest BCUT2D eigenvalue weighted by molar-refractivity contribution is 8.13. The Morgan fingerprint density at radius 1 is 1.38 bits per heavy atom. The van der Waals surface area contributed by atoms with Crippen LogP contribution in [-0.4, -0.2) is 22.3 Å². The number of nitrogens with zero attached hydrogens (tertiary/aromatic N) is 2. The van der Waals surface area contributed by atoms with Crippen molar-refractivity contribution in [1.82, 2.24) is 5.01 Å². The maximum absolute atomic E-state index is 12.1. The van der Waals surface area contributed by atoms with Crippen molar-refractivity contribution < 1.29 is 4.79 Å². The number of hydrogen-bond donors (Lipinski definition) is 1. The van der Waals surface area contributed by atoms with E-state index in [-0.39, 0.29) is 5.91 Å². The van der Waals surface area contributed by atoms with Crippen molar-refractivity contribution >= 4 is 22.8 Å². The Morgan fingerprint density at radius 2 is 2.00 bits per heavy atom. The quantitative estimate of drug-likeness (QED) is 0.590. The molecule has 0 radical (unpaired) electrons. The van der Waals surface area contributed by atoms with Crippen LogP contribution >= 0.6 is 11.8 Å². The second-order valence-electron chi connectivity index (χ2n) is 3.71. The van der Waals surface area contributed by atoms with E-state index in [4.69, 9.17) is 5.84 Å². The summed E-state index contributed by atoms with van der Waals surface area (Å²) in [5.41, 5.74) is -0.0200. The molecule has 4 nitrogen and oxygen atoms in total. The molecule has 1 aromatic rings. The third-order valence-electron chi connectivity index (χ3n) is 2.68. The van der Waals surface area contributed by atoms with Gasteiger partial charge in [0.05, 0.1) is 0 Å². The summed E-state index contributed by atoms with van der Waals surface area (Å²) in [6, 6.07) is 9.46. The second kappa shape index (κ2) is 3.92. The molecule has 0 spiro atoms. The summed E-state index contributed by atoms with van der Waals surface area (Å²) in [5.74, 6) is 5.49. The molecule has 5 heteroatoms. The van der Waals surface area contributed by atoms with Gasteiger partial charge in [0.25, 0.3) is 5.91 Å². The molecule has 2 N–H and O–H groups in total. The summed E-state index contributed by atoms with van der Waals surface area (Å²) >= 11 is 1.37. The number of carbonyl (C=O) groups excluding carboxylic acids is 1. The maximum atomic E-state index is 12.1. The van der Waals surface area contributed by atoms with Crippen LogP contribution in [0.5, 0.6) is 0 Å². The number of nitrogens with two attached hydrogens (primary N) is 1. The molecule has 0 bridgehead atoms. The molecule has 0 fully saturated rings. The smallest absolute Gasteiger partial charge is 0.270 e. The van der Waals surface area contributed by atoms with Crippen molar-refractivity contribution in [2.45, 2.75) is 12.5 Å². The van der Waals surface area contributed by atoms with Crippen molar-refractivity contribution in [1.29, 1.82) is 0 Å². The lowest BCUT2D eigenvalue weighted by molar-refractivity contribution is -0.131. The van der Waals surface area contributed by atoms with Gasteiger partial charge in [-0.2, -0.15) is 0 Å². The number of amides is 1.